The lowest BCUT2D eigenvalue weighted by Crippen LogP contribution is -2.27. The molecule has 1 fully saturated rings. The van der Waals surface area contributed by atoms with E-state index in [9.17, 15) is 9.59 Å². The smallest absolute Gasteiger partial charge is 0.343 e. The number of methoxy groups -OCH3 is 1. The maximum Gasteiger partial charge on any atom is 0.343 e. The zero-order chi connectivity index (χ0) is 15.1. The summed E-state index contributed by atoms with van der Waals surface area (Å²) in [7, 11) is 1.30. The van der Waals surface area contributed by atoms with Crippen molar-refractivity contribution in [1.82, 2.24) is 5.32 Å². The summed E-state index contributed by atoms with van der Waals surface area (Å²) in [6.07, 6.45) is 2.62. The van der Waals surface area contributed by atoms with Crippen LogP contribution in [0, 0.1) is 0 Å². The number of hydrogen-bond donors (Lipinski definition) is 2. The molecule has 1 aromatic carbocycles. The SMILES string of the molecule is COC(=O)COc1cccc(NC(=O)CC2CCCN2)c1. The van der Waals surface area contributed by atoms with Crippen molar-refractivity contribution in [3.05, 3.63) is 24.3 Å². The lowest BCUT2D eigenvalue weighted by molar-refractivity contribution is -0.142. The summed E-state index contributed by atoms with van der Waals surface area (Å²) < 4.78 is 9.78. The molecule has 0 bridgehead atoms. The molecule has 1 heterocycles. The Morgan fingerprint density at radius 2 is 2.29 bits per heavy atom. The lowest BCUT2D eigenvalue weighted by Gasteiger charge is -2.11. The van der Waals surface area contributed by atoms with Gasteiger partial charge in [0, 0.05) is 24.2 Å². The molecule has 2 rings (SSSR count). The largest absolute Gasteiger partial charge is 0.482 e. The molecule has 6 heteroatoms. The van der Waals surface area contributed by atoms with E-state index >= 15 is 0 Å². The minimum atomic E-state index is -0.447. The van der Waals surface area contributed by atoms with Crippen molar-refractivity contribution in [2.75, 3.05) is 25.6 Å². The van der Waals surface area contributed by atoms with E-state index < -0.39 is 5.97 Å². The molecular weight excluding hydrogens is 272 g/mol. The van der Waals surface area contributed by atoms with Crippen LogP contribution in [0.1, 0.15) is 19.3 Å². The van der Waals surface area contributed by atoms with Gasteiger partial charge in [-0.3, -0.25) is 4.79 Å². The standard InChI is InChI=1S/C15H20N2O4/c1-20-15(19)10-21-13-6-2-4-12(8-13)17-14(18)9-11-5-3-7-16-11/h2,4,6,8,11,16H,3,5,7,9-10H2,1H3,(H,17,18). The highest BCUT2D eigenvalue weighted by atomic mass is 16.6. The summed E-state index contributed by atoms with van der Waals surface area (Å²) in [5.74, 6) is 0.0356. The van der Waals surface area contributed by atoms with E-state index in [0.717, 1.165) is 19.4 Å². The van der Waals surface area contributed by atoms with Crippen LogP contribution in [0.2, 0.25) is 0 Å². The Kier molecular flexibility index (Phi) is 5.57. The molecule has 1 aromatic rings. The number of carbonyl (C=O) groups excluding carboxylic acids is 2. The first-order valence-corrected chi connectivity index (χ1v) is 7.00. The van der Waals surface area contributed by atoms with Crippen LogP contribution >= 0.6 is 0 Å². The minimum Gasteiger partial charge on any atom is -0.482 e. The summed E-state index contributed by atoms with van der Waals surface area (Å²) in [6, 6.07) is 7.21. The molecule has 114 valence electrons. The van der Waals surface area contributed by atoms with E-state index in [1.807, 2.05) is 0 Å². The molecule has 1 aliphatic rings. The second-order valence-electron chi connectivity index (χ2n) is 4.94. The average molecular weight is 292 g/mol. The van der Waals surface area contributed by atoms with E-state index in [0.29, 0.717) is 17.9 Å². The summed E-state index contributed by atoms with van der Waals surface area (Å²) >= 11 is 0. The van der Waals surface area contributed by atoms with Gasteiger partial charge < -0.3 is 20.1 Å². The lowest BCUT2D eigenvalue weighted by atomic mass is 10.1. The van der Waals surface area contributed by atoms with Crippen LogP contribution in [-0.4, -0.2) is 38.2 Å². The molecule has 0 aliphatic carbocycles. The Bertz CT molecular complexity index is 498. The van der Waals surface area contributed by atoms with Crippen LogP contribution in [0.3, 0.4) is 0 Å². The monoisotopic (exact) mass is 292 g/mol. The van der Waals surface area contributed by atoms with Crippen molar-refractivity contribution in [2.45, 2.75) is 25.3 Å². The fraction of sp³-hybridized carbons (Fsp3) is 0.467. The predicted octanol–water partition coefficient (Wildman–Crippen LogP) is 1.32. The molecule has 21 heavy (non-hydrogen) atoms. The van der Waals surface area contributed by atoms with Gasteiger partial charge in [0.15, 0.2) is 6.61 Å². The first kappa shape index (κ1) is 15.3. The molecule has 0 aromatic heterocycles. The van der Waals surface area contributed by atoms with Gasteiger partial charge in [-0.25, -0.2) is 4.79 Å². The number of esters is 1. The van der Waals surface area contributed by atoms with Crippen molar-refractivity contribution in [3.8, 4) is 5.75 Å². The van der Waals surface area contributed by atoms with E-state index in [2.05, 4.69) is 15.4 Å². The van der Waals surface area contributed by atoms with Crippen LogP contribution in [0.25, 0.3) is 0 Å². The van der Waals surface area contributed by atoms with Gasteiger partial charge in [0.2, 0.25) is 5.91 Å². The zero-order valence-corrected chi connectivity index (χ0v) is 12.1. The fourth-order valence-corrected chi connectivity index (χ4v) is 2.23. The number of carbonyl (C=O) groups is 2. The van der Waals surface area contributed by atoms with Gasteiger partial charge in [0.05, 0.1) is 7.11 Å². The van der Waals surface area contributed by atoms with Gasteiger partial charge >= 0.3 is 5.97 Å². The van der Waals surface area contributed by atoms with Crippen LogP contribution in [0.4, 0.5) is 5.69 Å². The van der Waals surface area contributed by atoms with E-state index in [4.69, 9.17) is 4.74 Å². The summed E-state index contributed by atoms with van der Waals surface area (Å²) in [5, 5.41) is 6.12. The number of rotatable bonds is 6. The molecule has 2 N–H and O–H groups in total. The molecule has 0 saturated carbocycles. The molecule has 0 spiro atoms. The molecule has 0 radical (unpaired) electrons. The second-order valence-corrected chi connectivity index (χ2v) is 4.94. The zero-order valence-electron chi connectivity index (χ0n) is 12.1. The Morgan fingerprint density at radius 3 is 3.00 bits per heavy atom. The molecule has 6 nitrogen and oxygen atoms in total. The summed E-state index contributed by atoms with van der Waals surface area (Å²) in [5.41, 5.74) is 0.653. The average Bonchev–Trinajstić information content (AvgIpc) is 2.97. The third-order valence-electron chi connectivity index (χ3n) is 3.30. The number of amides is 1. The van der Waals surface area contributed by atoms with Crippen LogP contribution in [0.5, 0.6) is 5.75 Å². The Hall–Kier alpha value is -2.08. The van der Waals surface area contributed by atoms with Crippen molar-refractivity contribution < 1.29 is 19.1 Å². The first-order valence-electron chi connectivity index (χ1n) is 7.00. The number of anilines is 1. The number of hydrogen-bond acceptors (Lipinski definition) is 5. The van der Waals surface area contributed by atoms with Gasteiger partial charge in [-0.15, -0.1) is 0 Å². The predicted molar refractivity (Wildman–Crippen MR) is 78.2 cm³/mol. The summed E-state index contributed by atoms with van der Waals surface area (Å²) in [6.45, 7) is 0.828. The Balaban J connectivity index is 1.84. The van der Waals surface area contributed by atoms with Crippen molar-refractivity contribution >= 4 is 17.6 Å². The highest BCUT2D eigenvalue weighted by molar-refractivity contribution is 5.91. The molecular formula is C15H20N2O4. The van der Waals surface area contributed by atoms with E-state index in [-0.39, 0.29) is 18.6 Å². The fourth-order valence-electron chi connectivity index (χ4n) is 2.23. The van der Waals surface area contributed by atoms with Gasteiger partial charge in [0.1, 0.15) is 5.75 Å². The molecule has 1 unspecified atom stereocenters. The third-order valence-corrected chi connectivity index (χ3v) is 3.30. The first-order chi connectivity index (χ1) is 10.2. The topological polar surface area (TPSA) is 76.7 Å². The molecule has 1 amide bonds. The maximum absolute atomic E-state index is 11.9. The highest BCUT2D eigenvalue weighted by Crippen LogP contribution is 2.18. The number of ether oxygens (including phenoxy) is 2. The van der Waals surface area contributed by atoms with Crippen molar-refractivity contribution in [3.63, 3.8) is 0 Å². The normalized spacial score (nSPS) is 17.3. The van der Waals surface area contributed by atoms with Crippen LogP contribution < -0.4 is 15.4 Å². The number of benzene rings is 1. The molecule has 1 atom stereocenters. The van der Waals surface area contributed by atoms with Crippen LogP contribution in [0.15, 0.2) is 24.3 Å². The molecule has 1 saturated heterocycles. The third kappa shape index (κ3) is 5.07. The van der Waals surface area contributed by atoms with Crippen molar-refractivity contribution in [1.29, 1.82) is 0 Å². The van der Waals surface area contributed by atoms with Crippen LogP contribution in [-0.2, 0) is 14.3 Å². The van der Waals surface area contributed by atoms with Gasteiger partial charge in [0.25, 0.3) is 0 Å². The van der Waals surface area contributed by atoms with E-state index in [1.165, 1.54) is 7.11 Å². The van der Waals surface area contributed by atoms with E-state index in [1.54, 1.807) is 24.3 Å². The number of nitrogens with one attached hydrogen (secondary N) is 2. The Morgan fingerprint density at radius 1 is 1.43 bits per heavy atom. The maximum atomic E-state index is 11.9. The quantitative estimate of drug-likeness (QED) is 0.773. The van der Waals surface area contributed by atoms with Gasteiger partial charge in [-0.1, -0.05) is 6.07 Å². The minimum absolute atomic E-state index is 0.0282. The summed E-state index contributed by atoms with van der Waals surface area (Å²) in [4.78, 5) is 22.9. The van der Waals surface area contributed by atoms with Gasteiger partial charge in [-0.2, -0.15) is 0 Å². The Labute approximate surface area is 123 Å². The van der Waals surface area contributed by atoms with Gasteiger partial charge in [-0.05, 0) is 31.5 Å². The molecule has 1 aliphatic heterocycles. The van der Waals surface area contributed by atoms with Crippen molar-refractivity contribution in [2.24, 2.45) is 0 Å². The highest BCUT2D eigenvalue weighted by Gasteiger charge is 2.17. The second kappa shape index (κ2) is 7.64.